The molecule has 1 aliphatic rings. The zero-order valence-corrected chi connectivity index (χ0v) is 10.4. The number of aliphatic hydroxyl groups excluding tert-OH is 1. The number of hydrogen-bond acceptors (Lipinski definition) is 3. The Bertz CT molecular complexity index is 468. The van der Waals surface area contributed by atoms with E-state index in [9.17, 15) is 18.7 Å². The Morgan fingerprint density at radius 3 is 2.89 bits per heavy atom. The minimum Gasteiger partial charge on any atom is -0.387 e. The van der Waals surface area contributed by atoms with Crippen LogP contribution in [0.1, 0.15) is 18.1 Å². The zero-order chi connectivity index (χ0) is 13.8. The normalized spacial score (nSPS) is 18.8. The van der Waals surface area contributed by atoms with Gasteiger partial charge in [-0.3, -0.25) is 9.69 Å². The van der Waals surface area contributed by atoms with E-state index >= 15 is 0 Å². The molecule has 0 bridgehead atoms. The molecule has 0 aliphatic carbocycles. The van der Waals surface area contributed by atoms with Crippen molar-refractivity contribution in [2.24, 2.45) is 0 Å². The Hall–Kier alpha value is -1.53. The molecule has 1 aromatic carbocycles. The van der Waals surface area contributed by atoms with Crippen molar-refractivity contribution < 1.29 is 18.7 Å². The fourth-order valence-corrected chi connectivity index (χ4v) is 2.11. The molecule has 1 heterocycles. The second-order valence-corrected chi connectivity index (χ2v) is 4.58. The molecule has 2 N–H and O–H groups in total. The van der Waals surface area contributed by atoms with Crippen LogP contribution in [0, 0.1) is 11.6 Å². The maximum atomic E-state index is 13.5. The Morgan fingerprint density at radius 1 is 1.37 bits per heavy atom. The van der Waals surface area contributed by atoms with Crippen LogP contribution in [-0.2, 0) is 4.79 Å². The number of carbonyl (C=O) groups excluding carboxylic acids is 1. The molecule has 6 heteroatoms. The highest BCUT2D eigenvalue weighted by atomic mass is 19.1. The lowest BCUT2D eigenvalue weighted by Gasteiger charge is -2.22. The highest BCUT2D eigenvalue weighted by molar-refractivity contribution is 5.76. The minimum atomic E-state index is -1.03. The van der Waals surface area contributed by atoms with Crippen molar-refractivity contribution in [1.82, 2.24) is 10.2 Å². The standard InChI is InChI=1S/C13H16F2N2O2/c14-9-1-2-10(11(15)7-9)12(18)8-17-5-3-13(19)16-4-6-17/h1-2,7,12,18H,3-6,8H2,(H,16,19). The summed E-state index contributed by atoms with van der Waals surface area (Å²) in [5.41, 5.74) is 0.0740. The van der Waals surface area contributed by atoms with Crippen LogP contribution in [0.2, 0.25) is 0 Å². The summed E-state index contributed by atoms with van der Waals surface area (Å²) < 4.78 is 26.3. The molecule has 1 saturated heterocycles. The van der Waals surface area contributed by atoms with Crippen molar-refractivity contribution in [2.45, 2.75) is 12.5 Å². The Labute approximate surface area is 110 Å². The van der Waals surface area contributed by atoms with E-state index in [-0.39, 0.29) is 18.0 Å². The number of amides is 1. The molecular weight excluding hydrogens is 254 g/mol. The summed E-state index contributed by atoms with van der Waals surface area (Å²) in [6.45, 7) is 1.85. The van der Waals surface area contributed by atoms with Gasteiger partial charge in [-0.05, 0) is 6.07 Å². The van der Waals surface area contributed by atoms with Crippen LogP contribution in [0.3, 0.4) is 0 Å². The Kier molecular flexibility index (Phi) is 4.44. The number of nitrogens with zero attached hydrogens (tertiary/aromatic N) is 1. The molecule has 19 heavy (non-hydrogen) atoms. The molecule has 2 rings (SSSR count). The lowest BCUT2D eigenvalue weighted by atomic mass is 10.1. The predicted molar refractivity (Wildman–Crippen MR) is 65.4 cm³/mol. The van der Waals surface area contributed by atoms with Crippen molar-refractivity contribution in [3.63, 3.8) is 0 Å². The van der Waals surface area contributed by atoms with Gasteiger partial charge in [0.2, 0.25) is 5.91 Å². The van der Waals surface area contributed by atoms with Crippen molar-refractivity contribution >= 4 is 5.91 Å². The summed E-state index contributed by atoms with van der Waals surface area (Å²) in [4.78, 5) is 13.1. The van der Waals surface area contributed by atoms with Crippen LogP contribution in [-0.4, -0.2) is 42.1 Å². The second kappa shape index (κ2) is 6.08. The van der Waals surface area contributed by atoms with Crippen LogP contribution < -0.4 is 5.32 Å². The number of carbonyl (C=O) groups is 1. The minimum absolute atomic E-state index is 0.0232. The molecule has 104 valence electrons. The van der Waals surface area contributed by atoms with Gasteiger partial charge in [-0.2, -0.15) is 0 Å². The van der Waals surface area contributed by atoms with Gasteiger partial charge in [-0.15, -0.1) is 0 Å². The number of nitrogens with one attached hydrogen (secondary N) is 1. The van der Waals surface area contributed by atoms with Gasteiger partial charge in [0.1, 0.15) is 11.6 Å². The molecule has 1 aromatic rings. The van der Waals surface area contributed by atoms with E-state index in [1.807, 2.05) is 4.90 Å². The van der Waals surface area contributed by atoms with E-state index < -0.39 is 17.7 Å². The molecule has 0 aromatic heterocycles. The molecule has 0 spiro atoms. The van der Waals surface area contributed by atoms with Crippen molar-refractivity contribution in [3.05, 3.63) is 35.4 Å². The van der Waals surface area contributed by atoms with Gasteiger partial charge in [0, 0.05) is 44.2 Å². The first-order valence-electron chi connectivity index (χ1n) is 6.18. The SMILES string of the molecule is O=C1CCN(CC(O)c2ccc(F)cc2F)CCN1. The average Bonchev–Trinajstić information content (AvgIpc) is 2.54. The average molecular weight is 270 g/mol. The molecule has 4 nitrogen and oxygen atoms in total. The maximum absolute atomic E-state index is 13.5. The molecule has 1 atom stereocenters. The third-order valence-corrected chi connectivity index (χ3v) is 3.16. The predicted octanol–water partition coefficient (Wildman–Crippen LogP) is 0.820. The van der Waals surface area contributed by atoms with Crippen LogP contribution in [0.5, 0.6) is 0 Å². The lowest BCUT2D eigenvalue weighted by Crippen LogP contribution is -2.32. The van der Waals surface area contributed by atoms with E-state index in [0.29, 0.717) is 26.1 Å². The van der Waals surface area contributed by atoms with Crippen LogP contribution >= 0.6 is 0 Å². The number of rotatable bonds is 3. The molecular formula is C13H16F2N2O2. The van der Waals surface area contributed by atoms with Gasteiger partial charge in [0.25, 0.3) is 0 Å². The maximum Gasteiger partial charge on any atom is 0.221 e. The third-order valence-electron chi connectivity index (χ3n) is 3.16. The van der Waals surface area contributed by atoms with Crippen LogP contribution in [0.15, 0.2) is 18.2 Å². The van der Waals surface area contributed by atoms with Gasteiger partial charge in [-0.25, -0.2) is 8.78 Å². The first kappa shape index (κ1) is 13.9. The molecule has 1 aliphatic heterocycles. The first-order valence-corrected chi connectivity index (χ1v) is 6.18. The van der Waals surface area contributed by atoms with Gasteiger partial charge in [-0.1, -0.05) is 6.07 Å². The molecule has 0 saturated carbocycles. The summed E-state index contributed by atoms with van der Waals surface area (Å²) in [5, 5.41) is 12.7. The second-order valence-electron chi connectivity index (χ2n) is 4.58. The summed E-state index contributed by atoms with van der Waals surface area (Å²) >= 11 is 0. The van der Waals surface area contributed by atoms with E-state index in [2.05, 4.69) is 5.32 Å². The molecule has 0 radical (unpaired) electrons. The Morgan fingerprint density at radius 2 is 2.16 bits per heavy atom. The summed E-state index contributed by atoms with van der Waals surface area (Å²) in [7, 11) is 0. The Balaban J connectivity index is 1.99. The largest absolute Gasteiger partial charge is 0.387 e. The van der Waals surface area contributed by atoms with E-state index in [1.165, 1.54) is 6.07 Å². The fraction of sp³-hybridized carbons (Fsp3) is 0.462. The highest BCUT2D eigenvalue weighted by Gasteiger charge is 2.19. The number of benzene rings is 1. The lowest BCUT2D eigenvalue weighted by molar-refractivity contribution is -0.120. The first-order chi connectivity index (χ1) is 9.06. The molecule has 1 amide bonds. The summed E-state index contributed by atoms with van der Waals surface area (Å²) in [6.07, 6.45) is -0.674. The highest BCUT2D eigenvalue weighted by Crippen LogP contribution is 2.19. The summed E-state index contributed by atoms with van der Waals surface area (Å²) in [5.74, 6) is -1.44. The third kappa shape index (κ3) is 3.71. The van der Waals surface area contributed by atoms with E-state index in [4.69, 9.17) is 0 Å². The number of hydrogen-bond donors (Lipinski definition) is 2. The van der Waals surface area contributed by atoms with Crippen LogP contribution in [0.25, 0.3) is 0 Å². The van der Waals surface area contributed by atoms with Gasteiger partial charge < -0.3 is 10.4 Å². The van der Waals surface area contributed by atoms with Crippen molar-refractivity contribution in [1.29, 1.82) is 0 Å². The zero-order valence-electron chi connectivity index (χ0n) is 10.4. The van der Waals surface area contributed by atoms with Crippen LogP contribution in [0.4, 0.5) is 8.78 Å². The molecule has 1 fully saturated rings. The van der Waals surface area contributed by atoms with Crippen molar-refractivity contribution in [3.8, 4) is 0 Å². The number of halogens is 2. The number of aliphatic hydroxyl groups is 1. The summed E-state index contributed by atoms with van der Waals surface area (Å²) in [6, 6.07) is 3.12. The quantitative estimate of drug-likeness (QED) is 0.855. The van der Waals surface area contributed by atoms with E-state index in [1.54, 1.807) is 0 Å². The van der Waals surface area contributed by atoms with Gasteiger partial charge >= 0.3 is 0 Å². The van der Waals surface area contributed by atoms with E-state index in [0.717, 1.165) is 12.1 Å². The topological polar surface area (TPSA) is 52.6 Å². The van der Waals surface area contributed by atoms with Crippen molar-refractivity contribution in [2.75, 3.05) is 26.2 Å². The monoisotopic (exact) mass is 270 g/mol. The smallest absolute Gasteiger partial charge is 0.221 e. The number of β-amino-alcohol motifs (C(OH)–C–C–N with tert-alkyl or cyclic N) is 1. The van der Waals surface area contributed by atoms with Gasteiger partial charge in [0.15, 0.2) is 0 Å². The molecule has 1 unspecified atom stereocenters. The fourth-order valence-electron chi connectivity index (χ4n) is 2.11. The van der Waals surface area contributed by atoms with Gasteiger partial charge in [0.05, 0.1) is 6.10 Å².